The molecule has 1 aromatic heterocycles. The van der Waals surface area contributed by atoms with E-state index in [1.165, 1.54) is 0 Å². The summed E-state index contributed by atoms with van der Waals surface area (Å²) in [5.41, 5.74) is 1.86. The first kappa shape index (κ1) is 10.3. The van der Waals surface area contributed by atoms with E-state index < -0.39 is 6.10 Å². The molecule has 0 saturated carbocycles. The molecule has 3 heteroatoms. The molecule has 82 valence electrons. The molecule has 1 aromatic rings. The predicted molar refractivity (Wildman–Crippen MR) is 56.5 cm³/mol. The van der Waals surface area contributed by atoms with Gasteiger partial charge < -0.3 is 14.3 Å². The Labute approximate surface area is 89.4 Å². The zero-order valence-corrected chi connectivity index (χ0v) is 9.33. The highest BCUT2D eigenvalue weighted by molar-refractivity contribution is 5.36. The minimum atomic E-state index is -0.676. The molecule has 0 aromatic carbocycles. The third-order valence-corrected chi connectivity index (χ3v) is 2.89. The van der Waals surface area contributed by atoms with Crippen LogP contribution in [-0.4, -0.2) is 11.7 Å². The molecule has 1 atom stereocenters. The van der Waals surface area contributed by atoms with Crippen molar-refractivity contribution in [2.75, 3.05) is 6.61 Å². The topological polar surface area (TPSA) is 42.6 Å². The maximum Gasteiger partial charge on any atom is 0.139 e. The standard InChI is InChI=1S/C12H16O3/c1-7-8(2)15-9(3)11(7)12(13)10-5-4-6-14-10/h5,12-13H,4,6H2,1-3H3. The van der Waals surface area contributed by atoms with Gasteiger partial charge in [0.2, 0.25) is 0 Å². The Hall–Kier alpha value is -1.22. The number of aliphatic hydroxyl groups excluding tert-OH is 1. The van der Waals surface area contributed by atoms with Crippen LogP contribution in [0.5, 0.6) is 0 Å². The predicted octanol–water partition coefficient (Wildman–Crippen LogP) is 2.54. The number of rotatable bonds is 2. The zero-order valence-electron chi connectivity index (χ0n) is 9.33. The van der Waals surface area contributed by atoms with Crippen molar-refractivity contribution >= 4 is 0 Å². The SMILES string of the molecule is Cc1oc(C)c(C(O)C2=CCCO2)c1C. The molecule has 1 N–H and O–H groups in total. The van der Waals surface area contributed by atoms with Crippen molar-refractivity contribution in [3.63, 3.8) is 0 Å². The van der Waals surface area contributed by atoms with Crippen LogP contribution in [0.2, 0.25) is 0 Å². The molecule has 0 bridgehead atoms. The summed E-state index contributed by atoms with van der Waals surface area (Å²) in [6.07, 6.45) is 2.14. The highest BCUT2D eigenvalue weighted by atomic mass is 16.5. The molecular formula is C12H16O3. The Bertz CT molecular complexity index is 401. The van der Waals surface area contributed by atoms with Gasteiger partial charge in [0.15, 0.2) is 0 Å². The normalized spacial score (nSPS) is 17.5. The molecule has 0 saturated heterocycles. The Morgan fingerprint density at radius 2 is 2.00 bits per heavy atom. The Morgan fingerprint density at radius 1 is 1.27 bits per heavy atom. The highest BCUT2D eigenvalue weighted by Crippen LogP contribution is 2.33. The molecule has 0 radical (unpaired) electrons. The van der Waals surface area contributed by atoms with Crippen LogP contribution < -0.4 is 0 Å². The molecular weight excluding hydrogens is 192 g/mol. The first-order valence-electron chi connectivity index (χ1n) is 5.18. The monoisotopic (exact) mass is 208 g/mol. The third-order valence-electron chi connectivity index (χ3n) is 2.89. The van der Waals surface area contributed by atoms with E-state index in [2.05, 4.69) is 0 Å². The van der Waals surface area contributed by atoms with Crippen LogP contribution in [0.4, 0.5) is 0 Å². The molecule has 1 aliphatic rings. The van der Waals surface area contributed by atoms with Gasteiger partial charge in [0.25, 0.3) is 0 Å². The summed E-state index contributed by atoms with van der Waals surface area (Å²) in [6.45, 7) is 6.40. The lowest BCUT2D eigenvalue weighted by molar-refractivity contribution is 0.117. The molecule has 2 rings (SSSR count). The van der Waals surface area contributed by atoms with E-state index in [0.29, 0.717) is 12.4 Å². The number of aliphatic hydroxyl groups is 1. The van der Waals surface area contributed by atoms with E-state index in [1.54, 1.807) is 0 Å². The maximum atomic E-state index is 10.1. The van der Waals surface area contributed by atoms with Crippen LogP contribution in [0.3, 0.4) is 0 Å². The number of ether oxygens (including phenoxy) is 1. The summed E-state index contributed by atoms with van der Waals surface area (Å²) >= 11 is 0. The van der Waals surface area contributed by atoms with Crippen LogP contribution in [0.1, 0.15) is 35.2 Å². The van der Waals surface area contributed by atoms with Crippen molar-refractivity contribution in [2.45, 2.75) is 33.3 Å². The molecule has 1 aliphatic heterocycles. The highest BCUT2D eigenvalue weighted by Gasteiger charge is 2.24. The first-order valence-corrected chi connectivity index (χ1v) is 5.18. The second-order valence-electron chi connectivity index (χ2n) is 3.90. The van der Waals surface area contributed by atoms with Gasteiger partial charge in [-0.3, -0.25) is 0 Å². The molecule has 2 heterocycles. The number of aryl methyl sites for hydroxylation is 2. The second kappa shape index (κ2) is 3.74. The summed E-state index contributed by atoms with van der Waals surface area (Å²) in [5, 5.41) is 10.1. The second-order valence-corrected chi connectivity index (χ2v) is 3.90. The molecule has 15 heavy (non-hydrogen) atoms. The fraction of sp³-hybridized carbons (Fsp3) is 0.500. The zero-order chi connectivity index (χ0) is 11.0. The van der Waals surface area contributed by atoms with Crippen molar-refractivity contribution in [1.29, 1.82) is 0 Å². The number of hydrogen-bond donors (Lipinski definition) is 1. The van der Waals surface area contributed by atoms with Crippen LogP contribution in [0, 0.1) is 20.8 Å². The van der Waals surface area contributed by atoms with Gasteiger partial charge in [-0.1, -0.05) is 0 Å². The minimum Gasteiger partial charge on any atom is -0.495 e. The average Bonchev–Trinajstić information content (AvgIpc) is 2.76. The third kappa shape index (κ3) is 1.67. The smallest absolute Gasteiger partial charge is 0.139 e. The van der Waals surface area contributed by atoms with Gasteiger partial charge in [-0.2, -0.15) is 0 Å². The first-order chi connectivity index (χ1) is 7.11. The maximum absolute atomic E-state index is 10.1. The molecule has 3 nitrogen and oxygen atoms in total. The van der Waals surface area contributed by atoms with E-state index in [4.69, 9.17) is 9.15 Å². The van der Waals surface area contributed by atoms with Crippen LogP contribution >= 0.6 is 0 Å². The lowest BCUT2D eigenvalue weighted by Crippen LogP contribution is -2.04. The summed E-state index contributed by atoms with van der Waals surface area (Å²) < 4.78 is 10.8. The van der Waals surface area contributed by atoms with Crippen molar-refractivity contribution in [3.05, 3.63) is 34.5 Å². The van der Waals surface area contributed by atoms with Crippen molar-refractivity contribution in [3.8, 4) is 0 Å². The van der Waals surface area contributed by atoms with E-state index >= 15 is 0 Å². The fourth-order valence-electron chi connectivity index (χ4n) is 1.98. The van der Waals surface area contributed by atoms with Gasteiger partial charge >= 0.3 is 0 Å². The molecule has 0 spiro atoms. The van der Waals surface area contributed by atoms with Crippen molar-refractivity contribution in [1.82, 2.24) is 0 Å². The Kier molecular flexibility index (Phi) is 2.57. The lowest BCUT2D eigenvalue weighted by atomic mass is 10.0. The Balaban J connectivity index is 2.36. The minimum absolute atomic E-state index is 0.655. The molecule has 0 aliphatic carbocycles. The Morgan fingerprint density at radius 3 is 2.47 bits per heavy atom. The van der Waals surface area contributed by atoms with Gasteiger partial charge in [0.05, 0.1) is 6.61 Å². The molecule has 0 amide bonds. The summed E-state index contributed by atoms with van der Waals surface area (Å²) in [4.78, 5) is 0. The van der Waals surface area contributed by atoms with Gasteiger partial charge in [-0.15, -0.1) is 0 Å². The fourth-order valence-corrected chi connectivity index (χ4v) is 1.98. The van der Waals surface area contributed by atoms with Gasteiger partial charge in [0.1, 0.15) is 23.4 Å². The van der Waals surface area contributed by atoms with Crippen LogP contribution in [0.15, 0.2) is 16.3 Å². The summed E-state index contributed by atoms with van der Waals surface area (Å²) in [7, 11) is 0. The summed E-state index contributed by atoms with van der Waals surface area (Å²) in [6, 6.07) is 0. The average molecular weight is 208 g/mol. The molecule has 1 unspecified atom stereocenters. The van der Waals surface area contributed by atoms with E-state index in [9.17, 15) is 5.11 Å². The lowest BCUT2D eigenvalue weighted by Gasteiger charge is -2.12. The largest absolute Gasteiger partial charge is 0.495 e. The van der Waals surface area contributed by atoms with Gasteiger partial charge in [-0.25, -0.2) is 0 Å². The van der Waals surface area contributed by atoms with Crippen LogP contribution in [0.25, 0.3) is 0 Å². The van der Waals surface area contributed by atoms with E-state index in [1.807, 2.05) is 26.8 Å². The quantitative estimate of drug-likeness (QED) is 0.812. The number of furan rings is 1. The number of hydrogen-bond acceptors (Lipinski definition) is 3. The van der Waals surface area contributed by atoms with Crippen molar-refractivity contribution in [2.24, 2.45) is 0 Å². The molecule has 0 fully saturated rings. The van der Waals surface area contributed by atoms with E-state index in [0.717, 1.165) is 29.1 Å². The van der Waals surface area contributed by atoms with Gasteiger partial charge in [-0.05, 0) is 32.4 Å². The van der Waals surface area contributed by atoms with Gasteiger partial charge in [0, 0.05) is 12.0 Å². The van der Waals surface area contributed by atoms with E-state index in [-0.39, 0.29) is 0 Å². The van der Waals surface area contributed by atoms with Crippen molar-refractivity contribution < 1.29 is 14.3 Å². The summed E-state index contributed by atoms with van der Waals surface area (Å²) in [5.74, 6) is 2.29. The van der Waals surface area contributed by atoms with Crippen LogP contribution in [-0.2, 0) is 4.74 Å².